The predicted octanol–water partition coefficient (Wildman–Crippen LogP) is 3.50. The van der Waals surface area contributed by atoms with Gasteiger partial charge in [0.25, 0.3) is 5.91 Å². The van der Waals surface area contributed by atoms with Crippen LogP contribution in [0.5, 0.6) is 0 Å². The molecule has 0 radical (unpaired) electrons. The minimum atomic E-state index is -0.257. The molecule has 8 heteroatoms. The Balaban J connectivity index is 1.62. The molecule has 0 atom stereocenters. The summed E-state index contributed by atoms with van der Waals surface area (Å²) in [5.41, 5.74) is 0.584. The number of amides is 3. The van der Waals surface area contributed by atoms with Gasteiger partial charge in [-0.05, 0) is 46.3 Å². The highest BCUT2D eigenvalue weighted by atomic mass is 79.9. The highest BCUT2D eigenvalue weighted by Gasteiger charge is 2.05. The van der Waals surface area contributed by atoms with E-state index in [2.05, 4.69) is 47.8 Å². The number of rotatable bonds is 6. The molecule has 1 aromatic heterocycles. The van der Waals surface area contributed by atoms with E-state index in [1.54, 1.807) is 23.5 Å². The molecule has 0 aliphatic rings. The summed E-state index contributed by atoms with van der Waals surface area (Å²) in [5.74, 6) is -0.164. The highest BCUT2D eigenvalue weighted by molar-refractivity contribution is 9.10. The molecule has 0 aliphatic carbocycles. The molecule has 0 fully saturated rings. The van der Waals surface area contributed by atoms with Crippen LogP contribution in [0.3, 0.4) is 0 Å². The number of thiophene rings is 1. The van der Waals surface area contributed by atoms with Crippen LogP contribution in [0.15, 0.2) is 44.7 Å². The first-order valence-electron chi connectivity index (χ1n) is 6.83. The maximum absolute atomic E-state index is 11.9. The third-order valence-electron chi connectivity index (χ3n) is 2.85. The van der Waals surface area contributed by atoms with Crippen LogP contribution in [0, 0.1) is 0 Å². The number of carbonyl (C=O) groups is 2. The van der Waals surface area contributed by atoms with Crippen molar-refractivity contribution in [2.75, 3.05) is 13.1 Å². The summed E-state index contributed by atoms with van der Waals surface area (Å²) < 4.78 is 1.93. The van der Waals surface area contributed by atoms with Crippen LogP contribution in [-0.4, -0.2) is 25.0 Å². The first-order chi connectivity index (χ1) is 11.0. The summed E-state index contributed by atoms with van der Waals surface area (Å²) in [6, 6.07) is 8.79. The van der Waals surface area contributed by atoms with E-state index in [9.17, 15) is 9.59 Å². The van der Waals surface area contributed by atoms with Crippen molar-refractivity contribution < 1.29 is 9.59 Å². The smallest absolute Gasteiger partial charge is 0.315 e. The Hall–Kier alpha value is -1.38. The Kier molecular flexibility index (Phi) is 7.07. The molecule has 23 heavy (non-hydrogen) atoms. The van der Waals surface area contributed by atoms with Gasteiger partial charge in [0, 0.05) is 37.9 Å². The van der Waals surface area contributed by atoms with Gasteiger partial charge in [-0.1, -0.05) is 15.9 Å². The van der Waals surface area contributed by atoms with E-state index in [1.165, 1.54) is 0 Å². The third-order valence-corrected chi connectivity index (χ3v) is 5.07. The van der Waals surface area contributed by atoms with E-state index >= 15 is 0 Å². The molecule has 0 unspecified atom stereocenters. The van der Waals surface area contributed by atoms with Gasteiger partial charge in [0.1, 0.15) is 0 Å². The largest absolute Gasteiger partial charge is 0.350 e. The number of hydrogen-bond acceptors (Lipinski definition) is 3. The van der Waals surface area contributed by atoms with Crippen molar-refractivity contribution in [1.29, 1.82) is 0 Å². The molecular formula is C15H15Br2N3O2S. The Labute approximate surface area is 155 Å². The number of hydrogen-bond donors (Lipinski definition) is 3. The highest BCUT2D eigenvalue weighted by Crippen LogP contribution is 2.19. The first kappa shape index (κ1) is 18.0. The second-order valence-electron chi connectivity index (χ2n) is 4.60. The second kappa shape index (κ2) is 9.05. The normalized spacial score (nSPS) is 10.2. The standard InChI is InChI=1S/C15H15Br2N3O2S/c16-11-3-1-10(2-4-11)14(21)18-5-6-19-15(22)20-8-13-7-12(17)9-23-13/h1-4,7,9H,5-6,8H2,(H,18,21)(H2,19,20,22). The monoisotopic (exact) mass is 459 g/mol. The summed E-state index contributed by atoms with van der Waals surface area (Å²) in [5, 5.41) is 10.2. The van der Waals surface area contributed by atoms with Crippen LogP contribution in [0.2, 0.25) is 0 Å². The fourth-order valence-electron chi connectivity index (χ4n) is 1.73. The molecule has 2 rings (SSSR count). The van der Waals surface area contributed by atoms with Gasteiger partial charge in [0.05, 0.1) is 6.54 Å². The molecule has 3 N–H and O–H groups in total. The second-order valence-corrected chi connectivity index (χ2v) is 7.43. The van der Waals surface area contributed by atoms with Crippen LogP contribution < -0.4 is 16.0 Å². The molecule has 3 amide bonds. The molecule has 0 saturated carbocycles. The van der Waals surface area contributed by atoms with Crippen LogP contribution in [0.4, 0.5) is 4.79 Å². The van der Waals surface area contributed by atoms with Crippen molar-refractivity contribution in [3.63, 3.8) is 0 Å². The van der Waals surface area contributed by atoms with Crippen LogP contribution in [0.1, 0.15) is 15.2 Å². The fraction of sp³-hybridized carbons (Fsp3) is 0.200. The summed E-state index contributed by atoms with van der Waals surface area (Å²) in [6.45, 7) is 1.21. The summed E-state index contributed by atoms with van der Waals surface area (Å²) in [6.07, 6.45) is 0. The van der Waals surface area contributed by atoms with Gasteiger partial charge in [0.15, 0.2) is 0 Å². The topological polar surface area (TPSA) is 70.2 Å². The molecule has 0 spiro atoms. The van der Waals surface area contributed by atoms with Crippen LogP contribution in [0.25, 0.3) is 0 Å². The molecule has 122 valence electrons. The average molecular weight is 461 g/mol. The lowest BCUT2D eigenvalue weighted by atomic mass is 10.2. The molecule has 1 aromatic carbocycles. The summed E-state index contributed by atoms with van der Waals surface area (Å²) in [4.78, 5) is 24.5. The summed E-state index contributed by atoms with van der Waals surface area (Å²) in [7, 11) is 0. The lowest BCUT2D eigenvalue weighted by Crippen LogP contribution is -2.39. The minimum Gasteiger partial charge on any atom is -0.350 e. The Bertz CT molecular complexity index is 674. The van der Waals surface area contributed by atoms with Crippen molar-refractivity contribution >= 4 is 55.1 Å². The van der Waals surface area contributed by atoms with Crippen molar-refractivity contribution in [2.24, 2.45) is 0 Å². The van der Waals surface area contributed by atoms with Gasteiger partial charge >= 0.3 is 6.03 Å². The fourth-order valence-corrected chi connectivity index (χ4v) is 3.39. The van der Waals surface area contributed by atoms with Crippen molar-refractivity contribution in [1.82, 2.24) is 16.0 Å². The van der Waals surface area contributed by atoms with Crippen LogP contribution in [-0.2, 0) is 6.54 Å². The van der Waals surface area contributed by atoms with E-state index < -0.39 is 0 Å². The third kappa shape index (κ3) is 6.32. The van der Waals surface area contributed by atoms with Gasteiger partial charge in [-0.2, -0.15) is 0 Å². The molecular weight excluding hydrogens is 446 g/mol. The van der Waals surface area contributed by atoms with Crippen molar-refractivity contribution in [3.8, 4) is 0 Å². The summed E-state index contributed by atoms with van der Waals surface area (Å²) >= 11 is 8.26. The molecule has 0 saturated heterocycles. The zero-order valence-corrected chi connectivity index (χ0v) is 16.1. The van der Waals surface area contributed by atoms with Gasteiger partial charge < -0.3 is 16.0 Å². The first-order valence-corrected chi connectivity index (χ1v) is 9.29. The van der Waals surface area contributed by atoms with Gasteiger partial charge in [-0.3, -0.25) is 4.79 Å². The molecule has 1 heterocycles. The number of benzene rings is 1. The number of nitrogens with one attached hydrogen (secondary N) is 3. The Morgan fingerprint density at radius 1 is 0.957 bits per heavy atom. The van der Waals surface area contributed by atoms with Gasteiger partial charge in [0.2, 0.25) is 0 Å². The van der Waals surface area contributed by atoms with Gasteiger partial charge in [-0.25, -0.2) is 4.79 Å². The number of carbonyl (C=O) groups excluding carboxylic acids is 2. The van der Waals surface area contributed by atoms with Gasteiger partial charge in [-0.15, -0.1) is 11.3 Å². The molecule has 0 bridgehead atoms. The van der Waals surface area contributed by atoms with Crippen LogP contribution >= 0.6 is 43.2 Å². The number of halogens is 2. The zero-order chi connectivity index (χ0) is 16.7. The quantitative estimate of drug-likeness (QED) is 0.577. The molecule has 5 nitrogen and oxygen atoms in total. The maximum atomic E-state index is 11.9. The SMILES string of the molecule is O=C(NCCNC(=O)c1ccc(Br)cc1)NCc1cc(Br)cs1. The Morgan fingerprint density at radius 2 is 1.65 bits per heavy atom. The van der Waals surface area contributed by atoms with E-state index in [1.807, 2.05) is 23.6 Å². The van der Waals surface area contributed by atoms with E-state index in [0.29, 0.717) is 25.2 Å². The Morgan fingerprint density at radius 3 is 2.30 bits per heavy atom. The van der Waals surface area contributed by atoms with E-state index in [4.69, 9.17) is 0 Å². The lowest BCUT2D eigenvalue weighted by molar-refractivity contribution is 0.0954. The number of urea groups is 1. The van der Waals surface area contributed by atoms with E-state index in [0.717, 1.165) is 13.8 Å². The predicted molar refractivity (Wildman–Crippen MR) is 98.7 cm³/mol. The molecule has 0 aliphatic heterocycles. The minimum absolute atomic E-state index is 0.164. The maximum Gasteiger partial charge on any atom is 0.315 e. The van der Waals surface area contributed by atoms with Crippen molar-refractivity contribution in [3.05, 3.63) is 55.1 Å². The molecule has 2 aromatic rings. The lowest BCUT2D eigenvalue weighted by Gasteiger charge is -2.08. The zero-order valence-electron chi connectivity index (χ0n) is 12.1. The van der Waals surface area contributed by atoms with E-state index in [-0.39, 0.29) is 11.9 Å². The average Bonchev–Trinajstić information content (AvgIpc) is 2.95. The van der Waals surface area contributed by atoms with Crippen molar-refractivity contribution in [2.45, 2.75) is 6.54 Å².